The Kier molecular flexibility index (Phi) is 6.44. The zero-order valence-corrected chi connectivity index (χ0v) is 21.9. The normalized spacial score (nSPS) is 16.9. The van der Waals surface area contributed by atoms with Crippen LogP contribution in [0, 0.1) is 0 Å². The minimum atomic E-state index is -3.78. The van der Waals surface area contributed by atoms with Gasteiger partial charge in [-0.1, -0.05) is 78.5 Å². The largest absolute Gasteiger partial charge is 0.496 e. The van der Waals surface area contributed by atoms with E-state index in [0.29, 0.717) is 10.9 Å². The summed E-state index contributed by atoms with van der Waals surface area (Å²) < 4.78 is 36.8. The average molecular weight is 542 g/mol. The van der Waals surface area contributed by atoms with Crippen LogP contribution in [-0.2, 0) is 10.0 Å². The van der Waals surface area contributed by atoms with Gasteiger partial charge in [-0.05, 0) is 46.2 Å². The number of hydrogen-bond donors (Lipinski definition) is 1. The molecule has 4 aromatic carbocycles. The van der Waals surface area contributed by atoms with Gasteiger partial charge in [-0.2, -0.15) is 9.78 Å². The highest BCUT2D eigenvalue weighted by Crippen LogP contribution is 2.53. The lowest BCUT2D eigenvalue weighted by Gasteiger charge is -2.22. The van der Waals surface area contributed by atoms with Gasteiger partial charge < -0.3 is 4.74 Å². The lowest BCUT2D eigenvalue weighted by molar-refractivity contribution is 0.414. The van der Waals surface area contributed by atoms with Crippen molar-refractivity contribution in [1.29, 1.82) is 0 Å². The van der Waals surface area contributed by atoms with Crippen LogP contribution in [0.4, 0.5) is 0 Å². The molecule has 0 saturated carbocycles. The van der Waals surface area contributed by atoms with Gasteiger partial charge in [0, 0.05) is 5.56 Å². The molecule has 8 nitrogen and oxygen atoms in total. The van der Waals surface area contributed by atoms with Gasteiger partial charge in [-0.3, -0.25) is 0 Å². The highest BCUT2D eigenvalue weighted by Gasteiger charge is 2.38. The molecule has 10 heteroatoms. The first-order chi connectivity index (χ1) is 18.5. The first-order valence-electron chi connectivity index (χ1n) is 11.9. The third-order valence-corrected chi connectivity index (χ3v) is 9.16. The lowest BCUT2D eigenvalue weighted by Crippen LogP contribution is -2.30. The predicted octanol–water partition coefficient (Wildman–Crippen LogP) is 5.19. The van der Waals surface area contributed by atoms with Crippen LogP contribution < -0.4 is 9.46 Å². The van der Waals surface area contributed by atoms with Gasteiger partial charge in [-0.25, -0.2) is 13.1 Å². The van der Waals surface area contributed by atoms with Gasteiger partial charge in [-0.15, -0.1) is 10.2 Å². The van der Waals surface area contributed by atoms with Crippen LogP contribution in [0.1, 0.15) is 28.0 Å². The fourth-order valence-electron chi connectivity index (χ4n) is 4.72. The van der Waals surface area contributed by atoms with Gasteiger partial charge in [0.2, 0.25) is 15.2 Å². The number of nitrogens with zero attached hydrogens (tertiary/aromatic N) is 4. The summed E-state index contributed by atoms with van der Waals surface area (Å²) in [6.07, 6.45) is 3.21. The molecule has 0 amide bonds. The van der Waals surface area contributed by atoms with Crippen molar-refractivity contribution >= 4 is 38.8 Å². The quantitative estimate of drug-likeness (QED) is 0.272. The second-order valence-corrected chi connectivity index (χ2v) is 11.5. The van der Waals surface area contributed by atoms with Crippen molar-refractivity contribution in [3.63, 3.8) is 0 Å². The molecule has 0 aliphatic heterocycles. The Morgan fingerprint density at radius 3 is 2.47 bits per heavy atom. The van der Waals surface area contributed by atoms with Crippen molar-refractivity contribution in [3.8, 4) is 5.75 Å². The Balaban J connectivity index is 1.37. The van der Waals surface area contributed by atoms with Gasteiger partial charge in [0.05, 0.1) is 29.5 Å². The SMILES string of the molecule is COc1ccccc1/C=N\n1cnnc1S[C@@H]1c2cccc3cccc(c23)[C@H]1NS(=O)(=O)c1ccccc1. The van der Waals surface area contributed by atoms with Crippen molar-refractivity contribution in [2.45, 2.75) is 21.3 Å². The van der Waals surface area contributed by atoms with E-state index in [2.05, 4.69) is 20.0 Å². The fraction of sp³-hybridized carbons (Fsp3) is 0.107. The molecule has 2 atom stereocenters. The maximum Gasteiger partial charge on any atom is 0.241 e. The van der Waals surface area contributed by atoms with Crippen molar-refractivity contribution < 1.29 is 13.2 Å². The monoisotopic (exact) mass is 541 g/mol. The number of aromatic nitrogens is 3. The molecule has 0 saturated heterocycles. The van der Waals surface area contributed by atoms with E-state index in [1.807, 2.05) is 60.7 Å². The van der Waals surface area contributed by atoms with E-state index < -0.39 is 16.1 Å². The van der Waals surface area contributed by atoms with Crippen LogP contribution in [0.5, 0.6) is 5.75 Å². The number of benzene rings is 4. The second-order valence-electron chi connectivity index (χ2n) is 8.69. The summed E-state index contributed by atoms with van der Waals surface area (Å²) in [4.78, 5) is 0.219. The summed E-state index contributed by atoms with van der Waals surface area (Å²) >= 11 is 1.42. The Morgan fingerprint density at radius 1 is 0.947 bits per heavy atom. The maximum atomic E-state index is 13.4. The molecule has 190 valence electrons. The number of para-hydroxylation sites is 1. The number of rotatable bonds is 8. The van der Waals surface area contributed by atoms with Crippen LogP contribution in [-0.4, -0.2) is 36.6 Å². The summed E-state index contributed by atoms with van der Waals surface area (Å²) in [5.74, 6) is 0.701. The molecule has 1 heterocycles. The predicted molar refractivity (Wildman–Crippen MR) is 148 cm³/mol. The summed E-state index contributed by atoms with van der Waals surface area (Å²) in [6, 6.07) is 27.5. The van der Waals surface area contributed by atoms with Crippen LogP contribution in [0.2, 0.25) is 0 Å². The molecule has 0 unspecified atom stereocenters. The Hall–Kier alpha value is -3.99. The molecule has 6 rings (SSSR count). The first kappa shape index (κ1) is 24.4. The first-order valence-corrected chi connectivity index (χ1v) is 14.2. The summed E-state index contributed by atoms with van der Waals surface area (Å²) in [5.41, 5.74) is 2.78. The zero-order chi connectivity index (χ0) is 26.1. The maximum absolute atomic E-state index is 13.4. The van der Waals surface area contributed by atoms with E-state index in [0.717, 1.165) is 27.5 Å². The van der Waals surface area contributed by atoms with Crippen molar-refractivity contribution in [1.82, 2.24) is 19.6 Å². The third kappa shape index (κ3) is 4.47. The Labute approximate surface area is 224 Å². The lowest BCUT2D eigenvalue weighted by atomic mass is 10.1. The third-order valence-electron chi connectivity index (χ3n) is 6.44. The van der Waals surface area contributed by atoms with E-state index in [1.165, 1.54) is 18.1 Å². The van der Waals surface area contributed by atoms with Crippen LogP contribution in [0.3, 0.4) is 0 Å². The number of nitrogens with one attached hydrogen (secondary N) is 1. The van der Waals surface area contributed by atoms with E-state index in [-0.39, 0.29) is 10.1 Å². The second kappa shape index (κ2) is 10.1. The van der Waals surface area contributed by atoms with Crippen LogP contribution >= 0.6 is 11.8 Å². The highest BCUT2D eigenvalue weighted by atomic mass is 32.2. The number of ether oxygens (including phenoxy) is 1. The number of thioether (sulfide) groups is 1. The van der Waals surface area contributed by atoms with E-state index in [1.54, 1.807) is 48.3 Å². The van der Waals surface area contributed by atoms with Crippen molar-refractivity contribution in [3.05, 3.63) is 114 Å². The minimum Gasteiger partial charge on any atom is -0.496 e. The van der Waals surface area contributed by atoms with Gasteiger partial charge in [0.1, 0.15) is 12.1 Å². The molecule has 1 aliphatic carbocycles. The van der Waals surface area contributed by atoms with Gasteiger partial charge in [0.15, 0.2) is 0 Å². The molecule has 38 heavy (non-hydrogen) atoms. The Morgan fingerprint density at radius 2 is 1.68 bits per heavy atom. The summed E-state index contributed by atoms with van der Waals surface area (Å²) in [7, 11) is -2.17. The van der Waals surface area contributed by atoms with Crippen LogP contribution in [0.25, 0.3) is 10.8 Å². The van der Waals surface area contributed by atoms with E-state index in [4.69, 9.17) is 4.74 Å². The van der Waals surface area contributed by atoms with Gasteiger partial charge in [0.25, 0.3) is 0 Å². The van der Waals surface area contributed by atoms with Gasteiger partial charge >= 0.3 is 0 Å². The zero-order valence-electron chi connectivity index (χ0n) is 20.3. The summed E-state index contributed by atoms with van der Waals surface area (Å²) in [5, 5.41) is 15.3. The number of sulfonamides is 1. The smallest absolute Gasteiger partial charge is 0.241 e. The molecule has 1 aliphatic rings. The standard InChI is InChI=1S/C28H23N5O3S2/c1-36-24-16-6-5-9-20(24)17-30-33-18-29-31-28(33)37-27-23-15-8-11-19-10-7-14-22(25(19)23)26(27)32-38(34,35)21-12-3-2-4-13-21/h2-18,26-27,32H,1H3/b30-17-/t26-,27-/m1/s1. The topological polar surface area (TPSA) is 98.5 Å². The molecular weight excluding hydrogens is 518 g/mol. The van der Waals surface area contributed by atoms with Crippen LogP contribution in [0.15, 0.2) is 112 Å². The molecule has 0 spiro atoms. The molecule has 1 aromatic heterocycles. The highest BCUT2D eigenvalue weighted by molar-refractivity contribution is 7.99. The van der Waals surface area contributed by atoms with Crippen molar-refractivity contribution in [2.75, 3.05) is 7.11 Å². The average Bonchev–Trinajstić information content (AvgIpc) is 3.52. The molecular formula is C28H23N5O3S2. The minimum absolute atomic E-state index is 0.219. The summed E-state index contributed by atoms with van der Waals surface area (Å²) in [6.45, 7) is 0. The molecule has 5 aromatic rings. The molecule has 0 fully saturated rings. The van der Waals surface area contributed by atoms with E-state index in [9.17, 15) is 8.42 Å². The molecule has 0 radical (unpaired) electrons. The molecule has 1 N–H and O–H groups in total. The van der Waals surface area contributed by atoms with Crippen molar-refractivity contribution in [2.24, 2.45) is 5.10 Å². The van der Waals surface area contributed by atoms with E-state index >= 15 is 0 Å². The Bertz CT molecular complexity index is 1750. The number of hydrogen-bond acceptors (Lipinski definition) is 7. The fourth-order valence-corrected chi connectivity index (χ4v) is 7.25. The number of methoxy groups -OCH3 is 1. The molecule has 0 bridgehead atoms.